The van der Waals surface area contributed by atoms with Crippen LogP contribution in [0.5, 0.6) is 0 Å². The second kappa shape index (κ2) is 9.41. The molecule has 0 aromatic heterocycles. The summed E-state index contributed by atoms with van der Waals surface area (Å²) in [6, 6.07) is 16.9. The Labute approximate surface area is 177 Å². The van der Waals surface area contributed by atoms with Crippen LogP contribution in [0.25, 0.3) is 0 Å². The molecule has 0 aliphatic carbocycles. The number of nitrogens with zero attached hydrogens (tertiary/aromatic N) is 2. The van der Waals surface area contributed by atoms with Gasteiger partial charge in [0.1, 0.15) is 5.82 Å². The smallest absolute Gasteiger partial charge is 0.227 e. The first-order valence-corrected chi connectivity index (χ1v) is 10.9. The Morgan fingerprint density at radius 3 is 2.37 bits per heavy atom. The number of carbonyl (C=O) groups excluding carboxylic acids is 2. The van der Waals surface area contributed by atoms with Crippen LogP contribution < -0.4 is 0 Å². The molecular formula is C25H29FN2O2. The fourth-order valence-corrected chi connectivity index (χ4v) is 4.63. The highest BCUT2D eigenvalue weighted by Gasteiger charge is 2.37. The van der Waals surface area contributed by atoms with Crippen molar-refractivity contribution >= 4 is 11.8 Å². The van der Waals surface area contributed by atoms with Gasteiger partial charge in [0, 0.05) is 32.6 Å². The highest BCUT2D eigenvalue weighted by atomic mass is 19.1. The number of hydrogen-bond acceptors (Lipinski definition) is 2. The molecule has 0 bridgehead atoms. The summed E-state index contributed by atoms with van der Waals surface area (Å²) in [7, 11) is 0. The summed E-state index contributed by atoms with van der Waals surface area (Å²) < 4.78 is 13.0. The average molecular weight is 409 g/mol. The molecule has 2 amide bonds. The molecule has 2 aliphatic heterocycles. The maximum atomic E-state index is 13.0. The Bertz CT molecular complexity index is 860. The van der Waals surface area contributed by atoms with E-state index in [0.29, 0.717) is 31.8 Å². The molecule has 4 rings (SSSR count). The first kappa shape index (κ1) is 20.6. The first-order valence-electron chi connectivity index (χ1n) is 10.9. The van der Waals surface area contributed by atoms with Crippen molar-refractivity contribution < 1.29 is 14.0 Å². The van der Waals surface area contributed by atoms with Gasteiger partial charge in [-0.15, -0.1) is 0 Å². The number of rotatable bonds is 6. The van der Waals surface area contributed by atoms with E-state index in [0.717, 1.165) is 37.9 Å². The van der Waals surface area contributed by atoms with Crippen molar-refractivity contribution in [2.75, 3.05) is 26.2 Å². The minimum absolute atomic E-state index is 0.0504. The highest BCUT2D eigenvalue weighted by Crippen LogP contribution is 2.26. The molecule has 5 heteroatoms. The third kappa shape index (κ3) is 5.07. The van der Waals surface area contributed by atoms with Crippen LogP contribution in [-0.2, 0) is 22.4 Å². The van der Waals surface area contributed by atoms with Crippen LogP contribution in [-0.4, -0.2) is 47.8 Å². The maximum Gasteiger partial charge on any atom is 0.227 e. The molecule has 0 N–H and O–H groups in total. The predicted molar refractivity (Wildman–Crippen MR) is 114 cm³/mol. The molecule has 1 atom stereocenters. The quantitative estimate of drug-likeness (QED) is 0.731. The molecule has 0 unspecified atom stereocenters. The third-order valence-electron chi connectivity index (χ3n) is 6.44. The summed E-state index contributed by atoms with van der Waals surface area (Å²) in [5.41, 5.74) is 2.36. The molecule has 0 spiro atoms. The zero-order chi connectivity index (χ0) is 20.9. The minimum Gasteiger partial charge on any atom is -0.342 e. The standard InChI is InChI=1S/C25H29FN2O2/c26-23-8-6-19(7-9-23)10-15-28-18-22(17-24(28)29)25(30)27-13-11-21(12-14-27)16-20-4-2-1-3-5-20/h1-9,21-22H,10-18H2/t22-/m0/s1. The summed E-state index contributed by atoms with van der Waals surface area (Å²) in [6.07, 6.45) is 4.11. The number of benzene rings is 2. The Morgan fingerprint density at radius 2 is 1.67 bits per heavy atom. The average Bonchev–Trinajstić information content (AvgIpc) is 3.15. The van der Waals surface area contributed by atoms with Crippen molar-refractivity contribution in [3.63, 3.8) is 0 Å². The van der Waals surface area contributed by atoms with Crippen LogP contribution in [0.1, 0.15) is 30.4 Å². The van der Waals surface area contributed by atoms with Gasteiger partial charge in [-0.3, -0.25) is 9.59 Å². The SMILES string of the molecule is O=C1C[C@H](C(=O)N2CCC(Cc3ccccc3)CC2)CN1CCc1ccc(F)cc1. The fourth-order valence-electron chi connectivity index (χ4n) is 4.63. The lowest BCUT2D eigenvalue weighted by atomic mass is 9.89. The third-order valence-corrected chi connectivity index (χ3v) is 6.44. The Balaban J connectivity index is 1.24. The summed E-state index contributed by atoms with van der Waals surface area (Å²) in [5.74, 6) is 0.319. The molecule has 2 heterocycles. The van der Waals surface area contributed by atoms with Crippen molar-refractivity contribution in [3.8, 4) is 0 Å². The van der Waals surface area contributed by atoms with E-state index in [1.807, 2.05) is 11.0 Å². The second-order valence-electron chi connectivity index (χ2n) is 8.58. The second-order valence-corrected chi connectivity index (χ2v) is 8.58. The molecule has 0 saturated carbocycles. The zero-order valence-corrected chi connectivity index (χ0v) is 17.3. The van der Waals surface area contributed by atoms with Crippen LogP contribution in [0.4, 0.5) is 4.39 Å². The van der Waals surface area contributed by atoms with Crippen LogP contribution in [0.3, 0.4) is 0 Å². The number of piperidine rings is 1. The molecule has 4 nitrogen and oxygen atoms in total. The number of hydrogen-bond donors (Lipinski definition) is 0. The van der Waals surface area contributed by atoms with Crippen molar-refractivity contribution in [1.82, 2.24) is 9.80 Å². The summed E-state index contributed by atoms with van der Waals surface area (Å²) in [5, 5.41) is 0. The Morgan fingerprint density at radius 1 is 0.967 bits per heavy atom. The van der Waals surface area contributed by atoms with E-state index in [1.165, 1.54) is 17.7 Å². The van der Waals surface area contributed by atoms with Gasteiger partial charge in [-0.2, -0.15) is 0 Å². The van der Waals surface area contributed by atoms with Crippen LogP contribution >= 0.6 is 0 Å². The molecule has 0 radical (unpaired) electrons. The van der Waals surface area contributed by atoms with Crippen LogP contribution in [0, 0.1) is 17.7 Å². The van der Waals surface area contributed by atoms with Gasteiger partial charge in [-0.25, -0.2) is 4.39 Å². The van der Waals surface area contributed by atoms with E-state index >= 15 is 0 Å². The largest absolute Gasteiger partial charge is 0.342 e. The first-order chi connectivity index (χ1) is 14.6. The van der Waals surface area contributed by atoms with E-state index in [-0.39, 0.29) is 23.5 Å². The van der Waals surface area contributed by atoms with Gasteiger partial charge in [0.25, 0.3) is 0 Å². The van der Waals surface area contributed by atoms with E-state index in [2.05, 4.69) is 24.3 Å². The van der Waals surface area contributed by atoms with Crippen molar-refractivity contribution in [2.24, 2.45) is 11.8 Å². The summed E-state index contributed by atoms with van der Waals surface area (Å²) in [4.78, 5) is 29.1. The molecule has 158 valence electrons. The van der Waals surface area contributed by atoms with Gasteiger partial charge < -0.3 is 9.80 Å². The molecule has 2 aromatic carbocycles. The van der Waals surface area contributed by atoms with E-state index in [4.69, 9.17) is 0 Å². The highest BCUT2D eigenvalue weighted by molar-refractivity contribution is 5.89. The van der Waals surface area contributed by atoms with Crippen molar-refractivity contribution in [1.29, 1.82) is 0 Å². The summed E-state index contributed by atoms with van der Waals surface area (Å²) in [6.45, 7) is 2.66. The van der Waals surface area contributed by atoms with Crippen molar-refractivity contribution in [2.45, 2.75) is 32.1 Å². The Kier molecular flexibility index (Phi) is 6.46. The van der Waals surface area contributed by atoms with Gasteiger partial charge in [0.2, 0.25) is 11.8 Å². The molecule has 2 aliphatic rings. The van der Waals surface area contributed by atoms with E-state index in [9.17, 15) is 14.0 Å². The summed E-state index contributed by atoms with van der Waals surface area (Å²) >= 11 is 0. The van der Waals surface area contributed by atoms with Crippen LogP contribution in [0.2, 0.25) is 0 Å². The minimum atomic E-state index is -0.255. The Hall–Kier alpha value is -2.69. The monoisotopic (exact) mass is 408 g/mol. The van der Waals surface area contributed by atoms with E-state index in [1.54, 1.807) is 17.0 Å². The molecule has 2 aromatic rings. The van der Waals surface area contributed by atoms with Crippen LogP contribution in [0.15, 0.2) is 54.6 Å². The lowest BCUT2D eigenvalue weighted by molar-refractivity contribution is -0.137. The number of carbonyl (C=O) groups is 2. The molecule has 2 fully saturated rings. The number of likely N-dealkylation sites (tertiary alicyclic amines) is 2. The molecule has 2 saturated heterocycles. The maximum absolute atomic E-state index is 13.0. The van der Waals surface area contributed by atoms with E-state index < -0.39 is 0 Å². The van der Waals surface area contributed by atoms with Gasteiger partial charge in [0.15, 0.2) is 0 Å². The molecule has 30 heavy (non-hydrogen) atoms. The zero-order valence-electron chi connectivity index (χ0n) is 17.3. The van der Waals surface area contributed by atoms with Gasteiger partial charge in [-0.1, -0.05) is 42.5 Å². The topological polar surface area (TPSA) is 40.6 Å². The fraction of sp³-hybridized carbons (Fsp3) is 0.440. The van der Waals surface area contributed by atoms with Gasteiger partial charge in [-0.05, 0) is 54.9 Å². The van der Waals surface area contributed by atoms with Gasteiger partial charge >= 0.3 is 0 Å². The lowest BCUT2D eigenvalue weighted by Gasteiger charge is -2.33. The predicted octanol–water partition coefficient (Wildman–Crippen LogP) is 3.70. The number of amides is 2. The van der Waals surface area contributed by atoms with Crippen molar-refractivity contribution in [3.05, 3.63) is 71.5 Å². The lowest BCUT2D eigenvalue weighted by Crippen LogP contribution is -2.42. The molecular weight excluding hydrogens is 379 g/mol. The normalized spacial score (nSPS) is 20.0. The van der Waals surface area contributed by atoms with Gasteiger partial charge in [0.05, 0.1) is 5.92 Å². The number of halogens is 1.